The molecule has 1 heterocycles. The first-order chi connectivity index (χ1) is 11.5. The maximum absolute atomic E-state index is 12.9. The van der Waals surface area contributed by atoms with E-state index in [4.69, 9.17) is 10.5 Å². The standard InChI is InChI=1S/C17H26N4O3.2ClH/c1-20-8-5-9-21(11-10-20)17(23)13-6-3-4-7-15(13)19-16(22)14(18)12-24-2;;/h3-4,6-7,14H,5,8-12,18H2,1-2H3,(H,19,22);2*1H. The van der Waals surface area contributed by atoms with Crippen LogP contribution in [-0.4, -0.2) is 74.6 Å². The lowest BCUT2D eigenvalue weighted by molar-refractivity contribution is -0.118. The summed E-state index contributed by atoms with van der Waals surface area (Å²) in [5, 5.41) is 2.74. The normalized spacial score (nSPS) is 15.9. The van der Waals surface area contributed by atoms with Gasteiger partial charge in [-0.25, -0.2) is 0 Å². The van der Waals surface area contributed by atoms with Crippen molar-refractivity contribution < 1.29 is 14.3 Å². The molecule has 0 spiro atoms. The molecule has 1 atom stereocenters. The Morgan fingerprint density at radius 1 is 1.19 bits per heavy atom. The second-order valence-electron chi connectivity index (χ2n) is 6.05. The van der Waals surface area contributed by atoms with Crippen molar-refractivity contribution in [2.75, 3.05) is 52.3 Å². The van der Waals surface area contributed by atoms with Crippen molar-refractivity contribution in [2.45, 2.75) is 12.5 Å². The fraction of sp³-hybridized carbons (Fsp3) is 0.529. The molecule has 0 aliphatic carbocycles. The molecule has 0 aromatic heterocycles. The molecular weight excluding hydrogens is 379 g/mol. The molecule has 1 aliphatic heterocycles. The van der Waals surface area contributed by atoms with Crippen LogP contribution in [0.15, 0.2) is 24.3 Å². The number of rotatable bonds is 5. The highest BCUT2D eigenvalue weighted by Crippen LogP contribution is 2.18. The highest BCUT2D eigenvalue weighted by Gasteiger charge is 2.22. The van der Waals surface area contributed by atoms with Crippen LogP contribution in [0.4, 0.5) is 5.69 Å². The maximum atomic E-state index is 12.9. The van der Waals surface area contributed by atoms with Crippen molar-refractivity contribution in [1.29, 1.82) is 0 Å². The van der Waals surface area contributed by atoms with Gasteiger partial charge in [0.2, 0.25) is 5.91 Å². The van der Waals surface area contributed by atoms with Crippen molar-refractivity contribution in [3.05, 3.63) is 29.8 Å². The largest absolute Gasteiger partial charge is 0.383 e. The molecule has 1 unspecified atom stereocenters. The predicted octanol–water partition coefficient (Wildman–Crippen LogP) is 1.22. The summed E-state index contributed by atoms with van der Waals surface area (Å²) in [7, 11) is 3.54. The SMILES string of the molecule is COCC(N)C(=O)Nc1ccccc1C(=O)N1CCCN(C)CC1.Cl.Cl. The number of nitrogens with one attached hydrogen (secondary N) is 1. The van der Waals surface area contributed by atoms with E-state index in [1.54, 1.807) is 24.3 Å². The van der Waals surface area contributed by atoms with Crippen LogP contribution in [0.2, 0.25) is 0 Å². The number of halogens is 2. The fourth-order valence-electron chi connectivity index (χ4n) is 2.68. The molecule has 9 heteroatoms. The highest BCUT2D eigenvalue weighted by molar-refractivity contribution is 6.04. The van der Waals surface area contributed by atoms with E-state index < -0.39 is 6.04 Å². The summed E-state index contributed by atoms with van der Waals surface area (Å²) in [6.45, 7) is 3.35. The van der Waals surface area contributed by atoms with E-state index in [0.717, 1.165) is 19.5 Å². The van der Waals surface area contributed by atoms with Crippen LogP contribution in [-0.2, 0) is 9.53 Å². The van der Waals surface area contributed by atoms with E-state index in [1.165, 1.54) is 7.11 Å². The Hall–Kier alpha value is -1.38. The Bertz CT molecular complexity index is 589. The van der Waals surface area contributed by atoms with Gasteiger partial charge in [-0.15, -0.1) is 24.8 Å². The maximum Gasteiger partial charge on any atom is 0.256 e. The van der Waals surface area contributed by atoms with Crippen LogP contribution >= 0.6 is 24.8 Å². The third-order valence-electron chi connectivity index (χ3n) is 4.11. The summed E-state index contributed by atoms with van der Waals surface area (Å²) >= 11 is 0. The molecule has 2 rings (SSSR count). The van der Waals surface area contributed by atoms with Gasteiger partial charge in [0.25, 0.3) is 5.91 Å². The number of amides is 2. The van der Waals surface area contributed by atoms with Gasteiger partial charge in [0.15, 0.2) is 0 Å². The zero-order chi connectivity index (χ0) is 17.5. The Kier molecular flexibility index (Phi) is 11.4. The van der Waals surface area contributed by atoms with E-state index in [9.17, 15) is 9.59 Å². The number of hydrogen-bond donors (Lipinski definition) is 2. The van der Waals surface area contributed by atoms with Crippen molar-refractivity contribution in [2.24, 2.45) is 5.73 Å². The molecule has 1 aliphatic rings. The Labute approximate surface area is 167 Å². The van der Waals surface area contributed by atoms with E-state index in [2.05, 4.69) is 17.3 Å². The van der Waals surface area contributed by atoms with Crippen LogP contribution in [0.5, 0.6) is 0 Å². The van der Waals surface area contributed by atoms with Crippen molar-refractivity contribution in [3.63, 3.8) is 0 Å². The average Bonchev–Trinajstić information content (AvgIpc) is 2.79. The van der Waals surface area contributed by atoms with E-state index in [-0.39, 0.29) is 43.2 Å². The van der Waals surface area contributed by atoms with Crippen LogP contribution in [0.25, 0.3) is 0 Å². The molecule has 0 radical (unpaired) electrons. The molecule has 1 saturated heterocycles. The van der Waals surface area contributed by atoms with Gasteiger partial charge < -0.3 is 25.6 Å². The van der Waals surface area contributed by atoms with Crippen LogP contribution in [0.3, 0.4) is 0 Å². The summed E-state index contributed by atoms with van der Waals surface area (Å²) in [5.74, 6) is -0.436. The second kappa shape index (κ2) is 12.1. The van der Waals surface area contributed by atoms with E-state index in [1.807, 2.05) is 4.90 Å². The number of hydrogen-bond acceptors (Lipinski definition) is 5. The molecule has 0 bridgehead atoms. The molecular formula is C17H28Cl2N4O3. The molecule has 1 aromatic rings. The fourth-order valence-corrected chi connectivity index (χ4v) is 2.68. The van der Waals surface area contributed by atoms with Gasteiger partial charge in [-0.05, 0) is 32.1 Å². The molecule has 1 fully saturated rings. The zero-order valence-corrected chi connectivity index (χ0v) is 16.8. The first-order valence-electron chi connectivity index (χ1n) is 8.15. The molecule has 148 valence electrons. The van der Waals surface area contributed by atoms with Crippen LogP contribution in [0.1, 0.15) is 16.8 Å². The number of anilines is 1. The highest BCUT2D eigenvalue weighted by atomic mass is 35.5. The first-order valence-corrected chi connectivity index (χ1v) is 8.15. The number of para-hydroxylation sites is 1. The number of methoxy groups -OCH3 is 1. The molecule has 26 heavy (non-hydrogen) atoms. The third kappa shape index (κ3) is 6.74. The number of likely N-dealkylation sites (N-methyl/N-ethyl adjacent to an activating group) is 1. The minimum Gasteiger partial charge on any atom is -0.383 e. The number of nitrogens with two attached hydrogens (primary N) is 1. The topological polar surface area (TPSA) is 87.9 Å². The summed E-state index contributed by atoms with van der Waals surface area (Å²) in [4.78, 5) is 29.0. The van der Waals surface area contributed by atoms with Gasteiger partial charge in [-0.3, -0.25) is 9.59 Å². The van der Waals surface area contributed by atoms with E-state index >= 15 is 0 Å². The smallest absolute Gasteiger partial charge is 0.256 e. The van der Waals surface area contributed by atoms with Crippen LogP contribution in [0, 0.1) is 0 Å². The first kappa shape index (κ1) is 24.6. The van der Waals surface area contributed by atoms with Gasteiger partial charge in [0.05, 0.1) is 17.9 Å². The van der Waals surface area contributed by atoms with Gasteiger partial charge in [0, 0.05) is 26.7 Å². The monoisotopic (exact) mass is 406 g/mol. The van der Waals surface area contributed by atoms with Crippen molar-refractivity contribution >= 4 is 42.3 Å². The van der Waals surface area contributed by atoms with Gasteiger partial charge in [-0.1, -0.05) is 12.1 Å². The number of nitrogens with zero attached hydrogens (tertiary/aromatic N) is 2. The minimum absolute atomic E-state index is 0. The summed E-state index contributed by atoms with van der Waals surface area (Å²) < 4.78 is 4.89. The van der Waals surface area contributed by atoms with Crippen molar-refractivity contribution in [3.8, 4) is 0 Å². The molecule has 2 amide bonds. The summed E-state index contributed by atoms with van der Waals surface area (Å²) in [5.41, 5.74) is 6.71. The minimum atomic E-state index is -0.773. The number of carbonyl (C=O) groups excluding carboxylic acids is 2. The number of ether oxygens (including phenoxy) is 1. The molecule has 1 aromatic carbocycles. The lowest BCUT2D eigenvalue weighted by atomic mass is 10.1. The summed E-state index contributed by atoms with van der Waals surface area (Å²) in [6, 6.07) is 6.25. The van der Waals surface area contributed by atoms with Gasteiger partial charge in [0.1, 0.15) is 6.04 Å². The second-order valence-corrected chi connectivity index (χ2v) is 6.05. The number of carbonyl (C=O) groups is 2. The molecule has 3 N–H and O–H groups in total. The molecule has 0 saturated carbocycles. The Morgan fingerprint density at radius 2 is 1.88 bits per heavy atom. The third-order valence-corrected chi connectivity index (χ3v) is 4.11. The lowest BCUT2D eigenvalue weighted by Crippen LogP contribution is -2.40. The summed E-state index contributed by atoms with van der Waals surface area (Å²) in [6.07, 6.45) is 0.940. The van der Waals surface area contributed by atoms with E-state index in [0.29, 0.717) is 24.3 Å². The van der Waals surface area contributed by atoms with Gasteiger partial charge in [-0.2, -0.15) is 0 Å². The van der Waals surface area contributed by atoms with Crippen molar-refractivity contribution in [1.82, 2.24) is 9.80 Å². The predicted molar refractivity (Wildman–Crippen MR) is 107 cm³/mol. The zero-order valence-electron chi connectivity index (χ0n) is 15.1. The van der Waals surface area contributed by atoms with Crippen LogP contribution < -0.4 is 11.1 Å². The average molecular weight is 407 g/mol. The lowest BCUT2D eigenvalue weighted by Gasteiger charge is -2.22. The Balaban J connectivity index is 0.00000312. The quantitative estimate of drug-likeness (QED) is 0.767. The van der Waals surface area contributed by atoms with Gasteiger partial charge >= 0.3 is 0 Å². The molecule has 7 nitrogen and oxygen atoms in total. The Morgan fingerprint density at radius 3 is 2.58 bits per heavy atom. The number of benzene rings is 1.